The quantitative estimate of drug-likeness (QED) is 0.397. The van der Waals surface area contributed by atoms with E-state index < -0.39 is 0 Å². The van der Waals surface area contributed by atoms with Gasteiger partial charge in [-0.2, -0.15) is 0 Å². The summed E-state index contributed by atoms with van der Waals surface area (Å²) in [6.45, 7) is 0.737. The van der Waals surface area contributed by atoms with E-state index in [-0.39, 0.29) is 5.97 Å². The van der Waals surface area contributed by atoms with Crippen molar-refractivity contribution >= 4 is 44.6 Å². The molecule has 7 heteroatoms. The minimum Gasteiger partial charge on any atom is -0.465 e. The maximum atomic E-state index is 11.8. The van der Waals surface area contributed by atoms with Gasteiger partial charge in [0.25, 0.3) is 0 Å². The molecule has 0 aliphatic carbocycles. The van der Waals surface area contributed by atoms with Crippen molar-refractivity contribution in [1.82, 2.24) is 19.9 Å². The number of fused-ring (bicyclic) bond motifs is 4. The van der Waals surface area contributed by atoms with Crippen molar-refractivity contribution in [2.75, 3.05) is 19.0 Å². The second kappa shape index (κ2) is 6.94. The normalized spacial score (nSPS) is 11.3. The number of esters is 1. The number of H-pyrrole nitrogens is 2. The van der Waals surface area contributed by atoms with Crippen molar-refractivity contribution in [3.05, 3.63) is 66.1 Å². The summed E-state index contributed by atoms with van der Waals surface area (Å²) in [7, 11) is 1.37. The number of benzene rings is 2. The molecule has 0 unspecified atom stereocenters. The fourth-order valence-electron chi connectivity index (χ4n) is 3.76. The first-order chi connectivity index (χ1) is 14.2. The van der Waals surface area contributed by atoms with E-state index in [1.54, 1.807) is 12.1 Å². The van der Waals surface area contributed by atoms with Crippen LogP contribution >= 0.6 is 0 Å². The molecule has 29 heavy (non-hydrogen) atoms. The maximum absolute atomic E-state index is 11.8. The van der Waals surface area contributed by atoms with Crippen LogP contribution in [0, 0.1) is 0 Å². The molecule has 0 fully saturated rings. The summed E-state index contributed by atoms with van der Waals surface area (Å²) in [6, 6.07) is 13.7. The van der Waals surface area contributed by atoms with E-state index >= 15 is 0 Å². The Morgan fingerprint density at radius 2 is 2.00 bits per heavy atom. The average Bonchev–Trinajstić information content (AvgIpc) is 3.34. The van der Waals surface area contributed by atoms with Gasteiger partial charge < -0.3 is 20.0 Å². The summed E-state index contributed by atoms with van der Waals surface area (Å²) in [4.78, 5) is 27.2. The van der Waals surface area contributed by atoms with Crippen molar-refractivity contribution in [3.63, 3.8) is 0 Å². The number of ether oxygens (including phenoxy) is 1. The van der Waals surface area contributed by atoms with Crippen LogP contribution in [0.25, 0.3) is 32.8 Å². The summed E-state index contributed by atoms with van der Waals surface area (Å²) >= 11 is 0. The summed E-state index contributed by atoms with van der Waals surface area (Å²) in [6.07, 6.45) is 4.46. The first-order valence-corrected chi connectivity index (χ1v) is 9.38. The van der Waals surface area contributed by atoms with Crippen LogP contribution < -0.4 is 5.32 Å². The zero-order chi connectivity index (χ0) is 19.8. The Hall–Kier alpha value is -3.87. The monoisotopic (exact) mass is 385 g/mol. The predicted octanol–water partition coefficient (Wildman–Crippen LogP) is 4.03. The summed E-state index contributed by atoms with van der Waals surface area (Å²) < 4.78 is 4.81. The molecule has 3 aromatic heterocycles. The number of methoxy groups -OCH3 is 1. The number of nitrogens with zero attached hydrogens (tertiary/aromatic N) is 2. The van der Waals surface area contributed by atoms with Crippen LogP contribution in [0.1, 0.15) is 15.9 Å². The number of anilines is 1. The van der Waals surface area contributed by atoms with E-state index in [0.29, 0.717) is 5.56 Å². The Bertz CT molecular complexity index is 1350. The fourth-order valence-corrected chi connectivity index (χ4v) is 3.76. The molecule has 0 saturated heterocycles. The molecule has 0 atom stereocenters. The third kappa shape index (κ3) is 2.97. The Morgan fingerprint density at radius 1 is 1.10 bits per heavy atom. The standard InChI is InChI=1S/C22H19N5O2/c1-29-22(28)13-6-7-16-18(10-13)27-21-19(16)20(25-12-26-21)23-9-8-14-11-24-17-5-3-2-4-15(14)17/h2-7,10-12,24H,8-9H2,1H3,(H2,23,25,26,27). The first-order valence-electron chi connectivity index (χ1n) is 9.38. The van der Waals surface area contributed by atoms with E-state index in [1.165, 1.54) is 24.4 Å². The Morgan fingerprint density at radius 3 is 2.90 bits per heavy atom. The number of rotatable bonds is 5. The third-order valence-electron chi connectivity index (χ3n) is 5.17. The van der Waals surface area contributed by atoms with Crippen LogP contribution in [0.15, 0.2) is 55.0 Å². The highest BCUT2D eigenvalue weighted by Crippen LogP contribution is 2.29. The number of carbonyl (C=O) groups is 1. The SMILES string of the molecule is COC(=O)c1ccc2c(c1)[nH]c1ncnc(NCCc3c[nH]c4ccccc34)c12. The van der Waals surface area contributed by atoms with Gasteiger partial charge in [0.2, 0.25) is 0 Å². The zero-order valence-corrected chi connectivity index (χ0v) is 15.8. The molecule has 2 aromatic carbocycles. The third-order valence-corrected chi connectivity index (χ3v) is 5.17. The van der Waals surface area contributed by atoms with E-state index in [9.17, 15) is 4.79 Å². The van der Waals surface area contributed by atoms with Crippen molar-refractivity contribution in [1.29, 1.82) is 0 Å². The molecule has 0 aliphatic heterocycles. The number of carbonyl (C=O) groups excluding carboxylic acids is 1. The lowest BCUT2D eigenvalue weighted by Gasteiger charge is -2.06. The van der Waals surface area contributed by atoms with Crippen LogP contribution in [0.4, 0.5) is 5.82 Å². The van der Waals surface area contributed by atoms with Gasteiger partial charge in [0, 0.05) is 34.5 Å². The fraction of sp³-hybridized carbons (Fsp3) is 0.136. The van der Waals surface area contributed by atoms with Gasteiger partial charge >= 0.3 is 5.97 Å². The van der Waals surface area contributed by atoms with E-state index in [1.807, 2.05) is 12.1 Å². The Labute approximate surface area is 166 Å². The van der Waals surface area contributed by atoms with Crippen molar-refractivity contribution < 1.29 is 9.53 Å². The smallest absolute Gasteiger partial charge is 0.337 e. The number of para-hydroxylation sites is 1. The number of nitrogens with one attached hydrogen (secondary N) is 3. The lowest BCUT2D eigenvalue weighted by Crippen LogP contribution is -2.06. The number of aromatic nitrogens is 4. The number of hydrogen-bond donors (Lipinski definition) is 3. The molecule has 5 aromatic rings. The largest absolute Gasteiger partial charge is 0.465 e. The molecule has 3 N–H and O–H groups in total. The average molecular weight is 385 g/mol. The molecule has 0 amide bonds. The molecule has 0 bridgehead atoms. The van der Waals surface area contributed by atoms with Crippen LogP contribution in [0.3, 0.4) is 0 Å². The zero-order valence-electron chi connectivity index (χ0n) is 15.8. The molecule has 7 nitrogen and oxygen atoms in total. The Kier molecular flexibility index (Phi) is 4.13. The van der Waals surface area contributed by atoms with Crippen LogP contribution in [-0.4, -0.2) is 39.6 Å². The van der Waals surface area contributed by atoms with E-state index in [0.717, 1.165) is 46.2 Å². The molecular formula is C22H19N5O2. The van der Waals surface area contributed by atoms with Gasteiger partial charge in [-0.3, -0.25) is 0 Å². The molecule has 0 spiro atoms. The second-order valence-electron chi connectivity index (χ2n) is 6.86. The molecule has 0 radical (unpaired) electrons. The van der Waals surface area contributed by atoms with Crippen LogP contribution in [0.2, 0.25) is 0 Å². The highest BCUT2D eigenvalue weighted by atomic mass is 16.5. The molecule has 0 aliphatic rings. The summed E-state index contributed by atoms with van der Waals surface area (Å²) in [5.41, 5.74) is 4.45. The molecule has 144 valence electrons. The minimum atomic E-state index is -0.367. The molecular weight excluding hydrogens is 366 g/mol. The topological polar surface area (TPSA) is 95.7 Å². The van der Waals surface area contributed by atoms with Gasteiger partial charge in [0.15, 0.2) is 0 Å². The van der Waals surface area contributed by atoms with E-state index in [2.05, 4.69) is 49.6 Å². The number of hydrogen-bond acceptors (Lipinski definition) is 5. The van der Waals surface area contributed by atoms with Gasteiger partial charge in [-0.15, -0.1) is 0 Å². The van der Waals surface area contributed by atoms with Crippen molar-refractivity contribution in [2.24, 2.45) is 0 Å². The molecule has 0 saturated carbocycles. The van der Waals surface area contributed by atoms with E-state index in [4.69, 9.17) is 4.74 Å². The van der Waals surface area contributed by atoms with Gasteiger partial charge in [-0.25, -0.2) is 14.8 Å². The van der Waals surface area contributed by atoms with Crippen molar-refractivity contribution in [3.8, 4) is 0 Å². The number of aromatic amines is 2. The van der Waals surface area contributed by atoms with Gasteiger partial charge in [-0.1, -0.05) is 24.3 Å². The van der Waals surface area contributed by atoms with Gasteiger partial charge in [0.1, 0.15) is 17.8 Å². The van der Waals surface area contributed by atoms with Gasteiger partial charge in [-0.05, 0) is 30.2 Å². The Balaban J connectivity index is 1.44. The lowest BCUT2D eigenvalue weighted by molar-refractivity contribution is 0.0601. The minimum absolute atomic E-state index is 0.367. The highest BCUT2D eigenvalue weighted by molar-refractivity contribution is 6.12. The first kappa shape index (κ1) is 17.2. The predicted molar refractivity (Wildman–Crippen MR) is 113 cm³/mol. The van der Waals surface area contributed by atoms with Crippen LogP contribution in [-0.2, 0) is 11.2 Å². The summed E-state index contributed by atoms with van der Waals surface area (Å²) in [5.74, 6) is 0.403. The maximum Gasteiger partial charge on any atom is 0.337 e. The molecule has 5 rings (SSSR count). The second-order valence-corrected chi connectivity index (χ2v) is 6.86. The van der Waals surface area contributed by atoms with Crippen LogP contribution in [0.5, 0.6) is 0 Å². The highest BCUT2D eigenvalue weighted by Gasteiger charge is 2.14. The summed E-state index contributed by atoms with van der Waals surface area (Å²) in [5, 5.41) is 6.56. The van der Waals surface area contributed by atoms with Crippen molar-refractivity contribution in [2.45, 2.75) is 6.42 Å². The van der Waals surface area contributed by atoms with Gasteiger partial charge in [0.05, 0.1) is 18.1 Å². The lowest BCUT2D eigenvalue weighted by atomic mass is 10.1. The molecule has 3 heterocycles.